The molecule has 128 valence electrons. The molecule has 1 heterocycles. The van der Waals surface area contributed by atoms with E-state index in [2.05, 4.69) is 10.4 Å². The molecule has 0 saturated carbocycles. The summed E-state index contributed by atoms with van der Waals surface area (Å²) in [5.74, 6) is 0.0824. The van der Waals surface area contributed by atoms with Crippen LogP contribution < -0.4 is 20.5 Å². The van der Waals surface area contributed by atoms with E-state index in [9.17, 15) is 9.59 Å². The first kappa shape index (κ1) is 17.3. The number of nitrogens with zero attached hydrogens (tertiary/aromatic N) is 2. The van der Waals surface area contributed by atoms with Crippen LogP contribution in [0.15, 0.2) is 24.3 Å². The second-order valence-corrected chi connectivity index (χ2v) is 5.22. The fraction of sp³-hybridized carbons (Fsp3) is 0.312. The first-order valence-corrected chi connectivity index (χ1v) is 7.27. The molecular weight excluding hydrogens is 312 g/mol. The molecule has 0 unspecified atom stereocenters. The molecule has 8 nitrogen and oxygen atoms in total. The van der Waals surface area contributed by atoms with Gasteiger partial charge in [-0.3, -0.25) is 14.3 Å². The minimum absolute atomic E-state index is 0.217. The van der Waals surface area contributed by atoms with E-state index < -0.39 is 5.91 Å². The van der Waals surface area contributed by atoms with Gasteiger partial charge in [-0.1, -0.05) is 6.07 Å². The van der Waals surface area contributed by atoms with Crippen LogP contribution in [0.1, 0.15) is 21.7 Å². The third kappa shape index (κ3) is 4.25. The normalized spacial score (nSPS) is 10.3. The molecule has 0 aliphatic heterocycles. The molecule has 0 fully saturated rings. The number of ether oxygens (including phenoxy) is 2. The molecule has 24 heavy (non-hydrogen) atoms. The van der Waals surface area contributed by atoms with Crippen molar-refractivity contribution in [2.45, 2.75) is 13.5 Å². The molecule has 0 spiro atoms. The minimum Gasteiger partial charge on any atom is -0.493 e. The maximum absolute atomic E-state index is 12.2. The Kier molecular flexibility index (Phi) is 5.41. The fourth-order valence-electron chi connectivity index (χ4n) is 2.19. The Bertz CT molecular complexity index is 755. The number of amides is 2. The van der Waals surface area contributed by atoms with Crippen LogP contribution in [-0.2, 0) is 18.4 Å². The van der Waals surface area contributed by atoms with Gasteiger partial charge < -0.3 is 20.5 Å². The van der Waals surface area contributed by atoms with Crippen molar-refractivity contribution in [3.05, 3.63) is 41.2 Å². The highest BCUT2D eigenvalue weighted by molar-refractivity contribution is 5.92. The average Bonchev–Trinajstić information content (AvgIpc) is 2.89. The third-order valence-corrected chi connectivity index (χ3v) is 3.29. The fourth-order valence-corrected chi connectivity index (χ4v) is 2.19. The van der Waals surface area contributed by atoms with E-state index in [1.54, 1.807) is 31.3 Å². The molecule has 2 rings (SSSR count). The van der Waals surface area contributed by atoms with Crippen molar-refractivity contribution in [3.8, 4) is 11.5 Å². The second-order valence-electron chi connectivity index (χ2n) is 5.22. The molecule has 0 radical (unpaired) electrons. The number of benzene rings is 1. The topological polar surface area (TPSA) is 108 Å². The van der Waals surface area contributed by atoms with Crippen LogP contribution in [0, 0.1) is 6.92 Å². The molecule has 0 aliphatic carbocycles. The Labute approximate surface area is 139 Å². The lowest BCUT2D eigenvalue weighted by Crippen LogP contribution is -2.25. The molecule has 2 aromatic rings. The van der Waals surface area contributed by atoms with Crippen molar-refractivity contribution in [2.24, 2.45) is 12.8 Å². The number of aryl methyl sites for hydroxylation is 2. The lowest BCUT2D eigenvalue weighted by Gasteiger charge is -2.12. The first-order chi connectivity index (χ1) is 11.4. The lowest BCUT2D eigenvalue weighted by atomic mass is 10.2. The van der Waals surface area contributed by atoms with E-state index in [1.807, 2.05) is 6.92 Å². The Morgan fingerprint density at radius 1 is 1.29 bits per heavy atom. The van der Waals surface area contributed by atoms with Gasteiger partial charge >= 0.3 is 0 Å². The van der Waals surface area contributed by atoms with Gasteiger partial charge in [-0.05, 0) is 30.7 Å². The van der Waals surface area contributed by atoms with Crippen molar-refractivity contribution in [2.75, 3.05) is 13.7 Å². The molecule has 0 atom stereocenters. The average molecular weight is 332 g/mol. The Morgan fingerprint density at radius 3 is 2.62 bits per heavy atom. The van der Waals surface area contributed by atoms with Gasteiger partial charge in [0.25, 0.3) is 11.8 Å². The van der Waals surface area contributed by atoms with Gasteiger partial charge in [0.2, 0.25) is 0 Å². The molecule has 2 amide bonds. The summed E-state index contributed by atoms with van der Waals surface area (Å²) in [6.07, 6.45) is 0. The lowest BCUT2D eigenvalue weighted by molar-refractivity contribution is -0.119. The van der Waals surface area contributed by atoms with Crippen LogP contribution in [-0.4, -0.2) is 35.3 Å². The van der Waals surface area contributed by atoms with Gasteiger partial charge in [-0.25, -0.2) is 0 Å². The number of aromatic nitrogens is 2. The maximum Gasteiger partial charge on any atom is 0.269 e. The standard InChI is InChI=1S/C16H20N4O4/c1-10-6-12(20(2)19-10)16(22)18-8-11-4-5-13(14(7-11)23-3)24-9-15(17)21/h4-7H,8-9H2,1-3H3,(H2,17,21)(H,18,22). The van der Waals surface area contributed by atoms with E-state index in [1.165, 1.54) is 11.8 Å². The van der Waals surface area contributed by atoms with Gasteiger partial charge in [0.15, 0.2) is 18.1 Å². The zero-order valence-electron chi connectivity index (χ0n) is 13.8. The number of nitrogens with one attached hydrogen (secondary N) is 1. The highest BCUT2D eigenvalue weighted by Gasteiger charge is 2.12. The number of hydrogen-bond donors (Lipinski definition) is 2. The van der Waals surface area contributed by atoms with Gasteiger partial charge in [-0.15, -0.1) is 0 Å². The second kappa shape index (κ2) is 7.49. The van der Waals surface area contributed by atoms with Crippen molar-refractivity contribution in [1.29, 1.82) is 0 Å². The summed E-state index contributed by atoms with van der Waals surface area (Å²) in [6, 6.07) is 6.88. The first-order valence-electron chi connectivity index (χ1n) is 7.27. The molecule has 0 bridgehead atoms. The Hall–Kier alpha value is -3.03. The van der Waals surface area contributed by atoms with Crippen LogP contribution in [0.5, 0.6) is 11.5 Å². The highest BCUT2D eigenvalue weighted by atomic mass is 16.5. The van der Waals surface area contributed by atoms with E-state index in [-0.39, 0.29) is 12.5 Å². The van der Waals surface area contributed by atoms with Crippen molar-refractivity contribution in [3.63, 3.8) is 0 Å². The Morgan fingerprint density at radius 2 is 2.04 bits per heavy atom. The number of rotatable bonds is 7. The van der Waals surface area contributed by atoms with Gasteiger partial charge in [0.05, 0.1) is 12.8 Å². The number of hydrogen-bond acceptors (Lipinski definition) is 5. The zero-order valence-corrected chi connectivity index (χ0v) is 13.8. The quantitative estimate of drug-likeness (QED) is 0.769. The summed E-state index contributed by atoms with van der Waals surface area (Å²) in [7, 11) is 3.21. The van der Waals surface area contributed by atoms with Crippen molar-refractivity contribution < 1.29 is 19.1 Å². The summed E-state index contributed by atoms with van der Waals surface area (Å²) in [6.45, 7) is 1.91. The predicted molar refractivity (Wildman–Crippen MR) is 86.8 cm³/mol. The van der Waals surface area contributed by atoms with Gasteiger partial charge in [0.1, 0.15) is 5.69 Å². The van der Waals surface area contributed by atoms with Crippen LogP contribution in [0.4, 0.5) is 0 Å². The highest BCUT2D eigenvalue weighted by Crippen LogP contribution is 2.28. The van der Waals surface area contributed by atoms with Crippen LogP contribution in [0.2, 0.25) is 0 Å². The van der Waals surface area contributed by atoms with Crippen molar-refractivity contribution >= 4 is 11.8 Å². The van der Waals surface area contributed by atoms with E-state index in [0.717, 1.165) is 11.3 Å². The number of methoxy groups -OCH3 is 1. The van der Waals surface area contributed by atoms with Gasteiger partial charge in [0, 0.05) is 13.6 Å². The molecular formula is C16H20N4O4. The Balaban J connectivity index is 2.03. The van der Waals surface area contributed by atoms with Gasteiger partial charge in [-0.2, -0.15) is 5.10 Å². The zero-order chi connectivity index (χ0) is 17.7. The number of carbonyl (C=O) groups is 2. The summed E-state index contributed by atoms with van der Waals surface area (Å²) in [4.78, 5) is 23.0. The van der Waals surface area contributed by atoms with E-state index in [4.69, 9.17) is 15.2 Å². The van der Waals surface area contributed by atoms with E-state index >= 15 is 0 Å². The largest absolute Gasteiger partial charge is 0.493 e. The van der Waals surface area contributed by atoms with Crippen LogP contribution in [0.3, 0.4) is 0 Å². The smallest absolute Gasteiger partial charge is 0.269 e. The molecule has 1 aromatic heterocycles. The molecule has 0 aliphatic rings. The minimum atomic E-state index is -0.570. The van der Waals surface area contributed by atoms with E-state index in [0.29, 0.717) is 23.7 Å². The summed E-state index contributed by atoms with van der Waals surface area (Å²) in [5.41, 5.74) is 7.14. The monoisotopic (exact) mass is 332 g/mol. The molecule has 8 heteroatoms. The summed E-state index contributed by atoms with van der Waals surface area (Å²) < 4.78 is 12.0. The molecule has 1 aromatic carbocycles. The third-order valence-electron chi connectivity index (χ3n) is 3.29. The SMILES string of the molecule is COc1cc(CNC(=O)c2cc(C)nn2C)ccc1OCC(N)=O. The predicted octanol–water partition coefficient (Wildman–Crippen LogP) is 0.531. The van der Waals surface area contributed by atoms with Crippen molar-refractivity contribution in [1.82, 2.24) is 15.1 Å². The maximum atomic E-state index is 12.2. The number of nitrogens with two attached hydrogens (primary N) is 1. The van der Waals surface area contributed by atoms with Crippen LogP contribution in [0.25, 0.3) is 0 Å². The summed E-state index contributed by atoms with van der Waals surface area (Å²) in [5, 5.41) is 6.96. The van der Waals surface area contributed by atoms with Crippen LogP contribution >= 0.6 is 0 Å². The number of primary amides is 1. The molecule has 0 saturated heterocycles. The molecule has 3 N–H and O–H groups in total. The number of carbonyl (C=O) groups excluding carboxylic acids is 2. The summed E-state index contributed by atoms with van der Waals surface area (Å²) >= 11 is 0.